The van der Waals surface area contributed by atoms with E-state index in [0.29, 0.717) is 41.4 Å². The van der Waals surface area contributed by atoms with Gasteiger partial charge in [0.2, 0.25) is 5.91 Å². The summed E-state index contributed by atoms with van der Waals surface area (Å²) in [6.07, 6.45) is 3.13. The lowest BCUT2D eigenvalue weighted by atomic mass is 9.97. The number of pyridine rings is 1. The minimum atomic E-state index is -0.786. The summed E-state index contributed by atoms with van der Waals surface area (Å²) in [5.74, 6) is -1.68. The van der Waals surface area contributed by atoms with Gasteiger partial charge in [0.25, 0.3) is 0 Å². The second-order valence-corrected chi connectivity index (χ2v) is 11.0. The third-order valence-electron chi connectivity index (χ3n) is 7.24. The molecular formula is C30H28F2N6O3S. The van der Waals surface area contributed by atoms with Crippen molar-refractivity contribution in [1.82, 2.24) is 29.4 Å². The number of benzene rings is 1. The molecule has 0 unspecified atom stereocenters. The highest BCUT2D eigenvalue weighted by atomic mass is 32.1. The number of halogens is 2. The molecule has 0 bridgehead atoms. The summed E-state index contributed by atoms with van der Waals surface area (Å²) in [7, 11) is 3.34. The van der Waals surface area contributed by atoms with Crippen molar-refractivity contribution in [3.63, 3.8) is 0 Å². The number of hydrogen-bond donors (Lipinski definition) is 0. The molecule has 5 heterocycles. The number of aryl methyl sites for hydroxylation is 1. The fraction of sp³-hybridized carbons (Fsp3) is 0.267. The molecule has 0 N–H and O–H groups in total. The Balaban J connectivity index is 1.61. The maximum Gasteiger partial charge on any atom is 0.246 e. The average Bonchev–Trinajstić information content (AvgIpc) is 3.71. The monoisotopic (exact) mass is 590 g/mol. The fourth-order valence-corrected chi connectivity index (χ4v) is 6.22. The number of nitrogens with zero attached hydrogens (tertiary/aromatic N) is 6. The highest BCUT2D eigenvalue weighted by molar-refractivity contribution is 7.18. The highest BCUT2D eigenvalue weighted by Gasteiger charge is 2.30. The van der Waals surface area contributed by atoms with Crippen molar-refractivity contribution in [2.24, 2.45) is 7.05 Å². The van der Waals surface area contributed by atoms with Gasteiger partial charge in [0.05, 0.1) is 36.6 Å². The molecule has 0 saturated carbocycles. The first-order valence-electron chi connectivity index (χ1n) is 13.3. The molecule has 1 aliphatic heterocycles. The molecule has 1 aliphatic rings. The smallest absolute Gasteiger partial charge is 0.246 e. The van der Waals surface area contributed by atoms with Gasteiger partial charge < -0.3 is 14.4 Å². The van der Waals surface area contributed by atoms with Crippen LogP contribution in [-0.2, 0) is 29.7 Å². The number of methoxy groups -OCH3 is 1. The van der Waals surface area contributed by atoms with Crippen LogP contribution in [0.2, 0.25) is 0 Å². The van der Waals surface area contributed by atoms with Gasteiger partial charge in [-0.3, -0.25) is 14.2 Å². The van der Waals surface area contributed by atoms with E-state index in [1.165, 1.54) is 30.6 Å². The first-order valence-corrected chi connectivity index (χ1v) is 14.2. The van der Waals surface area contributed by atoms with E-state index >= 15 is 4.39 Å². The summed E-state index contributed by atoms with van der Waals surface area (Å²) >= 11 is 1.41. The average molecular weight is 591 g/mol. The third kappa shape index (κ3) is 4.86. The van der Waals surface area contributed by atoms with Gasteiger partial charge in [-0.15, -0.1) is 11.3 Å². The standard InChI is InChI=1S/C30H28F2N6O3S/c1-5-25(39)37-16-19-14-23(35-38(19)15-17(37)2)29-27(26-21(32)12-18(31)13-24(26)41-10-9-40-4)30-20(7-11-42-30)28(33-29)22-6-8-36(3)34-22/h5-8,11-14,17H,1,9-10,15-16H2,2-4H3/t17-/m1/s1. The maximum absolute atomic E-state index is 15.9. The van der Waals surface area contributed by atoms with E-state index in [1.807, 2.05) is 48.4 Å². The Morgan fingerprint density at radius 3 is 2.71 bits per heavy atom. The van der Waals surface area contributed by atoms with Crippen molar-refractivity contribution < 1.29 is 23.0 Å². The Morgan fingerprint density at radius 1 is 1.14 bits per heavy atom. The van der Waals surface area contributed by atoms with Gasteiger partial charge in [-0.05, 0) is 36.6 Å². The van der Waals surface area contributed by atoms with Gasteiger partial charge in [-0.25, -0.2) is 13.8 Å². The molecule has 42 heavy (non-hydrogen) atoms. The van der Waals surface area contributed by atoms with Crippen molar-refractivity contribution in [2.75, 3.05) is 20.3 Å². The summed E-state index contributed by atoms with van der Waals surface area (Å²) in [5.41, 5.74) is 3.45. The van der Waals surface area contributed by atoms with Gasteiger partial charge in [0.1, 0.15) is 41.1 Å². The number of carbonyl (C=O) groups excluding carboxylic acids is 1. The Labute approximate surface area is 244 Å². The number of amides is 1. The van der Waals surface area contributed by atoms with Crippen LogP contribution in [0.15, 0.2) is 54.6 Å². The molecule has 0 aliphatic carbocycles. The predicted molar refractivity (Wildman–Crippen MR) is 156 cm³/mol. The van der Waals surface area contributed by atoms with Crippen LogP contribution in [0.3, 0.4) is 0 Å². The van der Waals surface area contributed by atoms with Crippen molar-refractivity contribution >= 4 is 27.3 Å². The molecule has 0 saturated heterocycles. The van der Waals surface area contributed by atoms with E-state index in [1.54, 1.807) is 9.58 Å². The van der Waals surface area contributed by atoms with Gasteiger partial charge >= 0.3 is 0 Å². The van der Waals surface area contributed by atoms with E-state index in [2.05, 4.69) is 11.7 Å². The Morgan fingerprint density at radius 2 is 1.98 bits per heavy atom. The van der Waals surface area contributed by atoms with Crippen LogP contribution in [-0.4, -0.2) is 61.7 Å². The number of rotatable bonds is 8. The number of ether oxygens (including phenoxy) is 2. The normalized spacial score (nSPS) is 14.8. The molecular weight excluding hydrogens is 562 g/mol. The van der Waals surface area contributed by atoms with Crippen LogP contribution in [0, 0.1) is 11.6 Å². The minimum Gasteiger partial charge on any atom is -0.490 e. The molecule has 0 spiro atoms. The zero-order valence-electron chi connectivity index (χ0n) is 23.3. The lowest BCUT2D eigenvalue weighted by Gasteiger charge is -2.33. The Kier molecular flexibility index (Phi) is 7.33. The van der Waals surface area contributed by atoms with Crippen molar-refractivity contribution in [3.05, 3.63) is 71.9 Å². The molecule has 5 aromatic rings. The number of hydrogen-bond acceptors (Lipinski definition) is 7. The van der Waals surface area contributed by atoms with Crippen LogP contribution >= 0.6 is 11.3 Å². The van der Waals surface area contributed by atoms with E-state index < -0.39 is 11.6 Å². The third-order valence-corrected chi connectivity index (χ3v) is 8.17. The number of carbonyl (C=O) groups is 1. The number of aromatic nitrogens is 5. The lowest BCUT2D eigenvalue weighted by Crippen LogP contribution is -2.44. The first kappa shape index (κ1) is 27.7. The maximum atomic E-state index is 15.9. The summed E-state index contributed by atoms with van der Waals surface area (Å²) < 4.78 is 45.5. The molecule has 0 fully saturated rings. The molecule has 0 radical (unpaired) electrons. The van der Waals surface area contributed by atoms with Gasteiger partial charge in [0, 0.05) is 54.2 Å². The van der Waals surface area contributed by atoms with Gasteiger partial charge in [-0.1, -0.05) is 6.58 Å². The van der Waals surface area contributed by atoms with Crippen molar-refractivity contribution in [2.45, 2.75) is 26.1 Å². The molecule has 1 aromatic carbocycles. The van der Waals surface area contributed by atoms with E-state index in [4.69, 9.17) is 19.6 Å². The lowest BCUT2D eigenvalue weighted by molar-refractivity contribution is -0.129. The van der Waals surface area contributed by atoms with Crippen LogP contribution in [0.5, 0.6) is 5.75 Å². The zero-order chi connectivity index (χ0) is 29.5. The molecule has 216 valence electrons. The molecule has 4 aromatic heterocycles. The van der Waals surface area contributed by atoms with Gasteiger partial charge in [-0.2, -0.15) is 10.2 Å². The second kappa shape index (κ2) is 11.1. The Bertz CT molecular complexity index is 1830. The zero-order valence-corrected chi connectivity index (χ0v) is 24.1. The fourth-order valence-electron chi connectivity index (χ4n) is 5.27. The molecule has 6 rings (SSSR count). The van der Waals surface area contributed by atoms with Gasteiger partial charge in [0.15, 0.2) is 0 Å². The largest absolute Gasteiger partial charge is 0.490 e. The first-order chi connectivity index (χ1) is 20.3. The number of fused-ring (bicyclic) bond motifs is 2. The van der Waals surface area contributed by atoms with E-state index in [-0.39, 0.29) is 36.5 Å². The van der Waals surface area contributed by atoms with Crippen LogP contribution in [0.1, 0.15) is 12.6 Å². The number of thiophene rings is 1. The molecule has 1 atom stereocenters. The molecule has 12 heteroatoms. The highest BCUT2D eigenvalue weighted by Crippen LogP contribution is 2.47. The Hall–Kier alpha value is -4.42. The van der Waals surface area contributed by atoms with E-state index in [9.17, 15) is 9.18 Å². The second-order valence-electron chi connectivity index (χ2n) is 10.0. The summed E-state index contributed by atoms with van der Waals surface area (Å²) in [5, 5.41) is 12.1. The topological polar surface area (TPSA) is 87.3 Å². The summed E-state index contributed by atoms with van der Waals surface area (Å²) in [4.78, 5) is 19.3. The molecule has 9 nitrogen and oxygen atoms in total. The van der Waals surface area contributed by atoms with Crippen molar-refractivity contribution in [1.29, 1.82) is 0 Å². The predicted octanol–water partition coefficient (Wildman–Crippen LogP) is 5.45. The minimum absolute atomic E-state index is 0.0354. The molecule has 1 amide bonds. The van der Waals surface area contributed by atoms with Crippen LogP contribution in [0.25, 0.3) is 44.0 Å². The van der Waals surface area contributed by atoms with E-state index in [0.717, 1.165) is 21.8 Å². The van der Waals surface area contributed by atoms with Crippen LogP contribution < -0.4 is 4.74 Å². The van der Waals surface area contributed by atoms with Crippen LogP contribution in [0.4, 0.5) is 8.78 Å². The summed E-state index contributed by atoms with van der Waals surface area (Å²) in [6, 6.07) is 7.53. The summed E-state index contributed by atoms with van der Waals surface area (Å²) in [6.45, 7) is 6.71. The quantitative estimate of drug-likeness (QED) is 0.177. The SMILES string of the molecule is C=CC(=O)N1Cc2cc(-c3nc(-c4ccn(C)n4)c4ccsc4c3-c3c(F)cc(F)cc3OCCOC)nn2C[C@H]1C. The van der Waals surface area contributed by atoms with Crippen molar-refractivity contribution in [3.8, 4) is 39.7 Å².